The Morgan fingerprint density at radius 1 is 1.11 bits per heavy atom. The summed E-state index contributed by atoms with van der Waals surface area (Å²) >= 11 is 1.60. The molecule has 5 nitrogen and oxygen atoms in total. The third-order valence-electron chi connectivity index (χ3n) is 4.53. The van der Waals surface area contributed by atoms with E-state index in [1.807, 2.05) is 29.6 Å². The summed E-state index contributed by atoms with van der Waals surface area (Å²) in [5.74, 6) is 1.52. The molecule has 0 fully saturated rings. The van der Waals surface area contributed by atoms with E-state index in [1.54, 1.807) is 25.6 Å². The summed E-state index contributed by atoms with van der Waals surface area (Å²) in [4.78, 5) is 8.02. The second-order valence-corrected chi connectivity index (χ2v) is 7.00. The molecule has 4 aromatic rings. The van der Waals surface area contributed by atoms with E-state index >= 15 is 0 Å². The van der Waals surface area contributed by atoms with Gasteiger partial charge in [-0.25, -0.2) is 4.98 Å². The second kappa shape index (κ2) is 9.12. The molecule has 0 atom stereocenters. The van der Waals surface area contributed by atoms with Crippen LogP contribution in [0.2, 0.25) is 0 Å². The predicted molar refractivity (Wildman–Crippen MR) is 121 cm³/mol. The Morgan fingerprint density at radius 2 is 1.96 bits per heavy atom. The van der Waals surface area contributed by atoms with Crippen LogP contribution in [0, 0.1) is 0 Å². The zero-order chi connectivity index (χ0) is 18.6. The zero-order valence-corrected chi connectivity index (χ0v) is 18.2. The highest BCUT2D eigenvalue weighted by atomic mass is 79.9. The van der Waals surface area contributed by atoms with Gasteiger partial charge in [-0.05, 0) is 30.2 Å². The molecule has 2 N–H and O–H groups in total. The topological polar surface area (TPSA) is 59.2 Å². The van der Waals surface area contributed by atoms with Crippen molar-refractivity contribution < 1.29 is 9.47 Å². The van der Waals surface area contributed by atoms with Crippen molar-refractivity contribution in [1.82, 2.24) is 9.97 Å². The van der Waals surface area contributed by atoms with Gasteiger partial charge in [-0.3, -0.25) is 0 Å². The van der Waals surface area contributed by atoms with Crippen LogP contribution in [-0.4, -0.2) is 30.7 Å². The van der Waals surface area contributed by atoms with Crippen LogP contribution in [0.15, 0.2) is 54.0 Å². The Bertz CT molecular complexity index is 1060. The van der Waals surface area contributed by atoms with Gasteiger partial charge in [-0.2, -0.15) is 0 Å². The molecule has 0 aliphatic rings. The number of nitrogens with one attached hydrogen (secondary N) is 2. The number of thiazole rings is 1. The van der Waals surface area contributed by atoms with Crippen molar-refractivity contribution in [2.45, 2.75) is 6.42 Å². The Kier molecular flexibility index (Phi) is 6.59. The molecule has 0 spiro atoms. The van der Waals surface area contributed by atoms with E-state index in [9.17, 15) is 0 Å². The lowest BCUT2D eigenvalue weighted by atomic mass is 10.1. The van der Waals surface area contributed by atoms with E-state index in [0.29, 0.717) is 0 Å². The van der Waals surface area contributed by atoms with Crippen LogP contribution in [-0.2, 0) is 6.42 Å². The summed E-state index contributed by atoms with van der Waals surface area (Å²) < 4.78 is 10.7. The van der Waals surface area contributed by atoms with Gasteiger partial charge in [-0.15, -0.1) is 28.3 Å². The highest BCUT2D eigenvalue weighted by Gasteiger charge is 2.11. The van der Waals surface area contributed by atoms with Crippen molar-refractivity contribution in [3.63, 3.8) is 0 Å². The molecule has 146 valence electrons. The quantitative estimate of drug-likeness (QED) is 0.380. The zero-order valence-electron chi connectivity index (χ0n) is 15.7. The van der Waals surface area contributed by atoms with Gasteiger partial charge in [0.05, 0.1) is 19.9 Å². The molecule has 0 saturated carbocycles. The number of H-pyrrole nitrogens is 1. The van der Waals surface area contributed by atoms with Crippen LogP contribution in [0.4, 0.5) is 5.13 Å². The molecule has 2 aromatic heterocycles. The standard InChI is InChI=1S/C21H21N3O2S.BrH/c1-25-15-7-8-17(20(11-15)26-2)19-13-27-21(24-19)22-10-9-14-12-23-18-6-4-3-5-16(14)18;/h3-8,11-13,23H,9-10H2,1-2H3,(H,22,24);1H. The highest BCUT2D eigenvalue weighted by molar-refractivity contribution is 8.93. The third kappa shape index (κ3) is 4.15. The summed E-state index contributed by atoms with van der Waals surface area (Å²) in [5, 5.41) is 7.65. The SMILES string of the molecule is Br.COc1ccc(-c2csc(NCCc3c[nH]c4ccccc34)n2)c(OC)c1. The van der Waals surface area contributed by atoms with Gasteiger partial charge in [0.25, 0.3) is 0 Å². The van der Waals surface area contributed by atoms with Crippen LogP contribution < -0.4 is 14.8 Å². The number of anilines is 1. The summed E-state index contributed by atoms with van der Waals surface area (Å²) in [6.07, 6.45) is 3.02. The van der Waals surface area contributed by atoms with Gasteiger partial charge in [0, 0.05) is 40.7 Å². The maximum Gasteiger partial charge on any atom is 0.183 e. The minimum absolute atomic E-state index is 0. The Balaban J connectivity index is 0.00000225. The fraction of sp³-hybridized carbons (Fsp3) is 0.190. The molecule has 0 saturated heterocycles. The van der Waals surface area contributed by atoms with E-state index in [0.717, 1.165) is 40.9 Å². The lowest BCUT2D eigenvalue weighted by Crippen LogP contribution is -2.04. The van der Waals surface area contributed by atoms with Crippen molar-refractivity contribution in [2.75, 3.05) is 26.1 Å². The molecule has 0 unspecified atom stereocenters. The molecule has 2 aromatic carbocycles. The van der Waals surface area contributed by atoms with Gasteiger partial charge in [-0.1, -0.05) is 18.2 Å². The number of ether oxygens (including phenoxy) is 2. The number of aromatic nitrogens is 2. The van der Waals surface area contributed by atoms with Crippen LogP contribution in [0.5, 0.6) is 11.5 Å². The maximum absolute atomic E-state index is 5.48. The number of fused-ring (bicyclic) bond motifs is 1. The van der Waals surface area contributed by atoms with Crippen molar-refractivity contribution in [1.29, 1.82) is 0 Å². The number of hydrogen-bond donors (Lipinski definition) is 2. The molecule has 7 heteroatoms. The minimum Gasteiger partial charge on any atom is -0.497 e. The fourth-order valence-corrected chi connectivity index (χ4v) is 3.87. The first-order chi connectivity index (χ1) is 13.3. The monoisotopic (exact) mass is 459 g/mol. The van der Waals surface area contributed by atoms with Crippen molar-refractivity contribution in [2.24, 2.45) is 0 Å². The predicted octanol–water partition coefficient (Wildman–Crippen LogP) is 5.54. The minimum atomic E-state index is 0. The molecule has 2 heterocycles. The molecular formula is C21H22BrN3O2S. The first-order valence-electron chi connectivity index (χ1n) is 8.75. The van der Waals surface area contributed by atoms with E-state index in [2.05, 4.69) is 34.7 Å². The third-order valence-corrected chi connectivity index (χ3v) is 5.33. The second-order valence-electron chi connectivity index (χ2n) is 6.14. The molecule has 0 radical (unpaired) electrons. The molecule has 0 bridgehead atoms. The van der Waals surface area contributed by atoms with Crippen molar-refractivity contribution >= 4 is 44.4 Å². The molecule has 0 amide bonds. The lowest BCUT2D eigenvalue weighted by Gasteiger charge is -2.08. The number of halogens is 1. The summed E-state index contributed by atoms with van der Waals surface area (Å²) in [5.41, 5.74) is 4.34. The molecule has 0 aliphatic carbocycles. The first kappa shape index (κ1) is 20.2. The smallest absolute Gasteiger partial charge is 0.183 e. The van der Waals surface area contributed by atoms with Gasteiger partial charge < -0.3 is 19.8 Å². The number of para-hydroxylation sites is 1. The number of methoxy groups -OCH3 is 2. The lowest BCUT2D eigenvalue weighted by molar-refractivity contribution is 0.395. The number of rotatable bonds is 7. The van der Waals surface area contributed by atoms with Crippen molar-refractivity contribution in [3.05, 3.63) is 59.6 Å². The first-order valence-corrected chi connectivity index (χ1v) is 9.63. The molecule has 0 aliphatic heterocycles. The highest BCUT2D eigenvalue weighted by Crippen LogP contribution is 2.34. The van der Waals surface area contributed by atoms with Gasteiger partial charge in [0.2, 0.25) is 0 Å². The number of benzene rings is 2. The van der Waals surface area contributed by atoms with Gasteiger partial charge in [0.15, 0.2) is 5.13 Å². The van der Waals surface area contributed by atoms with E-state index < -0.39 is 0 Å². The van der Waals surface area contributed by atoms with E-state index in [4.69, 9.17) is 14.5 Å². The van der Waals surface area contributed by atoms with Crippen LogP contribution >= 0.6 is 28.3 Å². The average molecular weight is 460 g/mol. The summed E-state index contributed by atoms with van der Waals surface area (Å²) in [6, 6.07) is 14.1. The summed E-state index contributed by atoms with van der Waals surface area (Å²) in [7, 11) is 3.30. The maximum atomic E-state index is 5.48. The van der Waals surface area contributed by atoms with Crippen LogP contribution in [0.25, 0.3) is 22.2 Å². The Labute approximate surface area is 178 Å². The van der Waals surface area contributed by atoms with Crippen molar-refractivity contribution in [3.8, 4) is 22.8 Å². The molecular weight excluding hydrogens is 438 g/mol. The number of aromatic amines is 1. The van der Waals surface area contributed by atoms with Crippen LogP contribution in [0.3, 0.4) is 0 Å². The van der Waals surface area contributed by atoms with E-state index in [1.165, 1.54) is 16.5 Å². The largest absolute Gasteiger partial charge is 0.497 e. The number of nitrogens with zero attached hydrogens (tertiary/aromatic N) is 1. The molecule has 4 rings (SSSR count). The number of hydrogen-bond acceptors (Lipinski definition) is 5. The molecule has 28 heavy (non-hydrogen) atoms. The summed E-state index contributed by atoms with van der Waals surface area (Å²) in [6.45, 7) is 0.828. The normalized spacial score (nSPS) is 10.5. The fourth-order valence-electron chi connectivity index (χ4n) is 3.13. The Morgan fingerprint density at radius 3 is 2.79 bits per heavy atom. The average Bonchev–Trinajstić information content (AvgIpc) is 3.35. The van der Waals surface area contributed by atoms with Gasteiger partial charge >= 0.3 is 0 Å². The Hall–Kier alpha value is -2.51. The van der Waals surface area contributed by atoms with E-state index in [-0.39, 0.29) is 17.0 Å². The van der Waals surface area contributed by atoms with Gasteiger partial charge in [0.1, 0.15) is 11.5 Å². The van der Waals surface area contributed by atoms with Crippen LogP contribution in [0.1, 0.15) is 5.56 Å².